The Balaban J connectivity index is 1.90. The van der Waals surface area contributed by atoms with Gasteiger partial charge in [-0.25, -0.2) is 4.39 Å². The number of halogens is 1. The van der Waals surface area contributed by atoms with E-state index in [1.807, 2.05) is 24.3 Å². The summed E-state index contributed by atoms with van der Waals surface area (Å²) >= 11 is 0. The van der Waals surface area contributed by atoms with Crippen molar-refractivity contribution in [1.82, 2.24) is 0 Å². The van der Waals surface area contributed by atoms with Gasteiger partial charge in [0, 0.05) is 17.9 Å². The molecule has 2 rings (SSSR count). The second kappa shape index (κ2) is 7.43. The molecule has 0 heterocycles. The molecular weight excluding hydrogens is 267 g/mol. The smallest absolute Gasteiger partial charge is 0.228 e. The number of amides is 1. The lowest BCUT2D eigenvalue weighted by molar-refractivity contribution is -0.115. The highest BCUT2D eigenvalue weighted by Gasteiger charge is 2.05. The minimum Gasteiger partial charge on any atom is -0.385 e. The Morgan fingerprint density at radius 2 is 1.81 bits per heavy atom. The van der Waals surface area contributed by atoms with Gasteiger partial charge in [-0.3, -0.25) is 4.79 Å². The highest BCUT2D eigenvalue weighted by Crippen LogP contribution is 2.14. The number of nitrogens with one attached hydrogen (secondary N) is 2. The van der Waals surface area contributed by atoms with E-state index < -0.39 is 0 Å². The van der Waals surface area contributed by atoms with E-state index in [1.54, 1.807) is 12.1 Å². The Kier molecular flexibility index (Phi) is 5.32. The molecule has 0 bridgehead atoms. The zero-order valence-corrected chi connectivity index (χ0v) is 12.0. The number of carbonyl (C=O) groups is 1. The van der Waals surface area contributed by atoms with Gasteiger partial charge in [0.15, 0.2) is 0 Å². The molecule has 0 saturated heterocycles. The molecule has 4 heteroatoms. The van der Waals surface area contributed by atoms with Crippen LogP contribution in [0.4, 0.5) is 15.8 Å². The van der Waals surface area contributed by atoms with Crippen molar-refractivity contribution in [1.29, 1.82) is 0 Å². The van der Waals surface area contributed by atoms with Crippen LogP contribution in [0.25, 0.3) is 0 Å². The van der Waals surface area contributed by atoms with Gasteiger partial charge in [-0.15, -0.1) is 0 Å². The highest BCUT2D eigenvalue weighted by atomic mass is 19.1. The average Bonchev–Trinajstić information content (AvgIpc) is 2.46. The van der Waals surface area contributed by atoms with Crippen LogP contribution in [-0.2, 0) is 11.2 Å². The van der Waals surface area contributed by atoms with Crippen LogP contribution >= 0.6 is 0 Å². The van der Waals surface area contributed by atoms with Gasteiger partial charge in [-0.05, 0) is 48.4 Å². The molecular formula is C17H19FN2O. The Labute approximate surface area is 124 Å². The molecule has 2 N–H and O–H groups in total. The third kappa shape index (κ3) is 4.91. The molecule has 0 unspecified atom stereocenters. The summed E-state index contributed by atoms with van der Waals surface area (Å²) in [6, 6.07) is 13.6. The van der Waals surface area contributed by atoms with E-state index in [4.69, 9.17) is 0 Å². The van der Waals surface area contributed by atoms with Crippen LogP contribution in [0.2, 0.25) is 0 Å². The maximum Gasteiger partial charge on any atom is 0.228 e. The predicted octanol–water partition coefficient (Wildman–Crippen LogP) is 3.83. The normalized spacial score (nSPS) is 10.2. The minimum atomic E-state index is -0.327. The molecule has 3 nitrogen and oxygen atoms in total. The first-order valence-corrected chi connectivity index (χ1v) is 7.05. The van der Waals surface area contributed by atoms with Gasteiger partial charge in [0.05, 0.1) is 6.42 Å². The van der Waals surface area contributed by atoms with Gasteiger partial charge in [0.25, 0.3) is 0 Å². The van der Waals surface area contributed by atoms with Gasteiger partial charge in [0.1, 0.15) is 5.82 Å². The van der Waals surface area contributed by atoms with Crippen LogP contribution in [0.5, 0.6) is 0 Å². The fourth-order valence-electron chi connectivity index (χ4n) is 1.98. The average molecular weight is 286 g/mol. The van der Waals surface area contributed by atoms with Gasteiger partial charge in [-0.1, -0.05) is 19.1 Å². The molecule has 21 heavy (non-hydrogen) atoms. The van der Waals surface area contributed by atoms with Crippen molar-refractivity contribution in [3.05, 3.63) is 59.9 Å². The molecule has 0 aliphatic rings. The van der Waals surface area contributed by atoms with Crippen molar-refractivity contribution < 1.29 is 9.18 Å². The molecule has 0 aromatic heterocycles. The minimum absolute atomic E-state index is 0.158. The lowest BCUT2D eigenvalue weighted by Gasteiger charge is -2.08. The van der Waals surface area contributed by atoms with Gasteiger partial charge in [0.2, 0.25) is 5.91 Å². The Morgan fingerprint density at radius 3 is 2.48 bits per heavy atom. The number of anilines is 2. The molecule has 0 atom stereocenters. The van der Waals surface area contributed by atoms with E-state index in [9.17, 15) is 9.18 Å². The standard InChI is InChI=1S/C17H19FN2O/c1-2-10-19-15-6-8-16(9-7-15)20-17(21)12-13-4-3-5-14(18)11-13/h3-9,11,19H,2,10,12H2,1H3,(H,20,21). The summed E-state index contributed by atoms with van der Waals surface area (Å²) in [7, 11) is 0. The number of hydrogen-bond acceptors (Lipinski definition) is 2. The van der Waals surface area contributed by atoms with Crippen molar-refractivity contribution >= 4 is 17.3 Å². The van der Waals surface area contributed by atoms with Crippen molar-refractivity contribution in [3.63, 3.8) is 0 Å². The summed E-state index contributed by atoms with van der Waals surface area (Å²) in [4.78, 5) is 11.9. The lowest BCUT2D eigenvalue weighted by atomic mass is 10.1. The summed E-state index contributed by atoms with van der Waals surface area (Å²) < 4.78 is 13.1. The number of carbonyl (C=O) groups excluding carboxylic acids is 1. The first kappa shape index (κ1) is 15.0. The Bertz CT molecular complexity index is 596. The van der Waals surface area contributed by atoms with Crippen LogP contribution in [-0.4, -0.2) is 12.5 Å². The molecule has 0 aliphatic heterocycles. The number of rotatable bonds is 6. The van der Waals surface area contributed by atoms with Crippen molar-refractivity contribution in [2.24, 2.45) is 0 Å². The van der Waals surface area contributed by atoms with E-state index in [1.165, 1.54) is 12.1 Å². The molecule has 110 valence electrons. The molecule has 0 radical (unpaired) electrons. The van der Waals surface area contributed by atoms with Crippen LogP contribution < -0.4 is 10.6 Å². The van der Waals surface area contributed by atoms with Crippen molar-refractivity contribution in [2.75, 3.05) is 17.2 Å². The first-order valence-electron chi connectivity index (χ1n) is 7.05. The molecule has 2 aromatic carbocycles. The fraction of sp³-hybridized carbons (Fsp3) is 0.235. The van der Waals surface area contributed by atoms with E-state index >= 15 is 0 Å². The third-order valence-electron chi connectivity index (χ3n) is 3.00. The zero-order valence-electron chi connectivity index (χ0n) is 12.0. The summed E-state index contributed by atoms with van der Waals surface area (Å²) in [6.07, 6.45) is 1.22. The largest absolute Gasteiger partial charge is 0.385 e. The monoisotopic (exact) mass is 286 g/mol. The quantitative estimate of drug-likeness (QED) is 0.847. The highest BCUT2D eigenvalue weighted by molar-refractivity contribution is 5.92. The van der Waals surface area contributed by atoms with Crippen LogP contribution in [0.1, 0.15) is 18.9 Å². The Morgan fingerprint density at radius 1 is 1.10 bits per heavy atom. The second-order valence-electron chi connectivity index (χ2n) is 4.86. The Hall–Kier alpha value is -2.36. The summed E-state index contributed by atoms with van der Waals surface area (Å²) in [6.45, 7) is 3.03. The maximum absolute atomic E-state index is 13.1. The summed E-state index contributed by atoms with van der Waals surface area (Å²) in [5.74, 6) is -0.485. The topological polar surface area (TPSA) is 41.1 Å². The van der Waals surface area contributed by atoms with Crippen LogP contribution in [0.3, 0.4) is 0 Å². The van der Waals surface area contributed by atoms with E-state index in [2.05, 4.69) is 17.6 Å². The van der Waals surface area contributed by atoms with Gasteiger partial charge >= 0.3 is 0 Å². The van der Waals surface area contributed by atoms with E-state index in [0.717, 1.165) is 24.3 Å². The van der Waals surface area contributed by atoms with Crippen molar-refractivity contribution in [3.8, 4) is 0 Å². The van der Waals surface area contributed by atoms with E-state index in [-0.39, 0.29) is 18.1 Å². The van der Waals surface area contributed by atoms with E-state index in [0.29, 0.717) is 5.56 Å². The fourth-order valence-corrected chi connectivity index (χ4v) is 1.98. The molecule has 0 saturated carbocycles. The molecule has 0 fully saturated rings. The zero-order chi connectivity index (χ0) is 15.1. The molecule has 0 spiro atoms. The molecule has 1 amide bonds. The van der Waals surface area contributed by atoms with Crippen LogP contribution in [0, 0.1) is 5.82 Å². The lowest BCUT2D eigenvalue weighted by Crippen LogP contribution is -2.14. The maximum atomic E-state index is 13.1. The van der Waals surface area contributed by atoms with Crippen LogP contribution in [0.15, 0.2) is 48.5 Å². The third-order valence-corrected chi connectivity index (χ3v) is 3.00. The second-order valence-corrected chi connectivity index (χ2v) is 4.86. The molecule has 2 aromatic rings. The number of benzene rings is 2. The predicted molar refractivity (Wildman–Crippen MR) is 84.0 cm³/mol. The first-order chi connectivity index (χ1) is 10.2. The number of hydrogen-bond donors (Lipinski definition) is 2. The molecule has 0 aliphatic carbocycles. The summed E-state index contributed by atoms with van der Waals surface area (Å²) in [5, 5.41) is 6.07. The van der Waals surface area contributed by atoms with Crippen molar-refractivity contribution in [2.45, 2.75) is 19.8 Å². The summed E-state index contributed by atoms with van der Waals surface area (Å²) in [5.41, 5.74) is 2.42. The van der Waals surface area contributed by atoms with Gasteiger partial charge in [-0.2, -0.15) is 0 Å². The SMILES string of the molecule is CCCNc1ccc(NC(=O)Cc2cccc(F)c2)cc1. The van der Waals surface area contributed by atoms with Gasteiger partial charge < -0.3 is 10.6 Å².